The van der Waals surface area contributed by atoms with Crippen LogP contribution < -0.4 is 19.7 Å². The minimum absolute atomic E-state index is 0.0288. The quantitative estimate of drug-likeness (QED) is 0.128. The Balaban J connectivity index is 1.15. The highest BCUT2D eigenvalue weighted by atomic mass is 35.5. The van der Waals surface area contributed by atoms with E-state index in [2.05, 4.69) is 4.98 Å². The molecular formula is C41H34ClN2O9P. The summed E-state index contributed by atoms with van der Waals surface area (Å²) in [7, 11) is -4.81. The third kappa shape index (κ3) is 7.05. The lowest BCUT2D eigenvalue weighted by atomic mass is 9.77. The first-order chi connectivity index (χ1) is 26.2. The van der Waals surface area contributed by atoms with Gasteiger partial charge in [0.15, 0.2) is 5.60 Å². The largest absolute Gasteiger partial charge is 0.527 e. The zero-order valence-corrected chi connectivity index (χ0v) is 30.5. The Morgan fingerprint density at radius 2 is 1.48 bits per heavy atom. The van der Waals surface area contributed by atoms with Crippen LogP contribution in [0, 0.1) is 6.92 Å². The van der Waals surface area contributed by atoms with Crippen molar-refractivity contribution in [3.05, 3.63) is 177 Å². The van der Waals surface area contributed by atoms with E-state index in [1.807, 2.05) is 97.1 Å². The minimum Gasteiger partial charge on any atom is -0.457 e. The predicted molar refractivity (Wildman–Crippen MR) is 200 cm³/mol. The fraction of sp³-hybridized carbons (Fsp3) is 0.171. The van der Waals surface area contributed by atoms with Gasteiger partial charge < -0.3 is 23.5 Å². The Morgan fingerprint density at radius 3 is 2.17 bits per heavy atom. The van der Waals surface area contributed by atoms with Gasteiger partial charge in [-0.1, -0.05) is 109 Å². The van der Waals surface area contributed by atoms with Crippen molar-refractivity contribution < 1.29 is 37.5 Å². The van der Waals surface area contributed by atoms with Crippen molar-refractivity contribution in [1.82, 2.24) is 9.55 Å². The number of aromatic nitrogens is 2. The van der Waals surface area contributed by atoms with Gasteiger partial charge in [-0.15, -0.1) is 0 Å². The Kier molecular flexibility index (Phi) is 9.85. The minimum atomic E-state index is -4.81. The number of phosphoric acid groups is 1. The summed E-state index contributed by atoms with van der Waals surface area (Å²) in [6.45, 7) is 1.61. The van der Waals surface area contributed by atoms with E-state index in [4.69, 9.17) is 39.6 Å². The van der Waals surface area contributed by atoms with Crippen LogP contribution >= 0.6 is 19.4 Å². The Labute approximate surface area is 315 Å². The highest BCUT2D eigenvalue weighted by Crippen LogP contribution is 2.54. The fourth-order valence-corrected chi connectivity index (χ4v) is 8.06. The number of nitrogens with zero attached hydrogens (tertiary/aromatic N) is 2. The van der Waals surface area contributed by atoms with Crippen LogP contribution in [0.15, 0.2) is 144 Å². The maximum Gasteiger partial charge on any atom is 0.527 e. The van der Waals surface area contributed by atoms with E-state index in [0.29, 0.717) is 22.8 Å². The SMILES string of the molecule is Cc1cn([C@H]2C[C@H](OP(=O)(O)Oc3ccccc3Cl)[C@@H](COC3(c4ccccc4)c4ccccc4Oc4ccccc43)O2)c(=O)nc1Oc1ccccc1. The molecule has 11 nitrogen and oxygen atoms in total. The van der Waals surface area contributed by atoms with Crippen LogP contribution in [0.25, 0.3) is 0 Å². The molecule has 0 spiro atoms. The number of para-hydroxylation sites is 4. The molecule has 5 aromatic carbocycles. The van der Waals surface area contributed by atoms with E-state index in [9.17, 15) is 14.3 Å². The first-order valence-corrected chi connectivity index (χ1v) is 19.1. The molecule has 54 heavy (non-hydrogen) atoms. The van der Waals surface area contributed by atoms with Crippen LogP contribution in [0.5, 0.6) is 28.9 Å². The number of hydrogen-bond donors (Lipinski definition) is 1. The van der Waals surface area contributed by atoms with Crippen molar-refractivity contribution in [2.45, 2.75) is 37.4 Å². The van der Waals surface area contributed by atoms with Crippen LogP contribution in [0.4, 0.5) is 0 Å². The summed E-state index contributed by atoms with van der Waals surface area (Å²) in [5.41, 5.74) is 1.04. The van der Waals surface area contributed by atoms with E-state index < -0.39 is 37.5 Å². The summed E-state index contributed by atoms with van der Waals surface area (Å²) in [5, 5.41) is 0.128. The summed E-state index contributed by atoms with van der Waals surface area (Å²) in [6.07, 6.45) is -1.50. The molecule has 0 bridgehead atoms. The molecule has 2 aliphatic rings. The smallest absolute Gasteiger partial charge is 0.457 e. The monoisotopic (exact) mass is 764 g/mol. The highest BCUT2D eigenvalue weighted by molar-refractivity contribution is 7.47. The third-order valence-electron chi connectivity index (χ3n) is 9.25. The average Bonchev–Trinajstić information content (AvgIpc) is 3.57. The number of halogens is 1. The van der Waals surface area contributed by atoms with Gasteiger partial charge in [0.1, 0.15) is 41.4 Å². The van der Waals surface area contributed by atoms with Gasteiger partial charge in [-0.05, 0) is 48.9 Å². The molecule has 2 aliphatic heterocycles. The molecule has 1 saturated heterocycles. The molecule has 4 atom stereocenters. The van der Waals surface area contributed by atoms with Crippen molar-refractivity contribution in [2.75, 3.05) is 6.61 Å². The van der Waals surface area contributed by atoms with Gasteiger partial charge in [-0.3, -0.25) is 14.0 Å². The average molecular weight is 765 g/mol. The molecule has 13 heteroatoms. The van der Waals surface area contributed by atoms with Crippen molar-refractivity contribution in [3.63, 3.8) is 0 Å². The number of ether oxygens (including phenoxy) is 4. The van der Waals surface area contributed by atoms with Crippen molar-refractivity contribution in [1.29, 1.82) is 0 Å². The van der Waals surface area contributed by atoms with Gasteiger partial charge in [-0.25, -0.2) is 9.36 Å². The fourth-order valence-electron chi connectivity index (χ4n) is 6.82. The van der Waals surface area contributed by atoms with Crippen LogP contribution in [0.2, 0.25) is 5.02 Å². The number of rotatable bonds is 11. The number of hydrogen-bond acceptors (Lipinski definition) is 9. The van der Waals surface area contributed by atoms with Gasteiger partial charge >= 0.3 is 13.5 Å². The molecule has 0 radical (unpaired) electrons. The first-order valence-electron chi connectivity index (χ1n) is 17.2. The molecule has 1 unspecified atom stereocenters. The molecule has 0 saturated carbocycles. The lowest BCUT2D eigenvalue weighted by Gasteiger charge is -2.41. The summed E-state index contributed by atoms with van der Waals surface area (Å²) >= 11 is 6.24. The molecule has 8 rings (SSSR count). The molecular weight excluding hydrogens is 731 g/mol. The van der Waals surface area contributed by atoms with Gasteiger partial charge in [0.05, 0.1) is 11.6 Å². The van der Waals surface area contributed by atoms with Gasteiger partial charge in [-0.2, -0.15) is 4.98 Å². The standard InChI is InChI=1S/C41H34ClN2O9P/c1-27-25-44(40(45)43-39(27)49-29-16-6-3-7-17-29)38-24-36(53-54(46,47)52-35-23-13-10-20-32(35)42)37(51-38)26-48-41(28-14-4-2-5-15-28)30-18-8-11-21-33(30)50-34-22-12-9-19-31(34)41/h2-23,25,36-38H,24,26H2,1H3,(H,46,47)/t36-,37+,38+/m0/s1. The van der Waals surface area contributed by atoms with Gasteiger partial charge in [0.2, 0.25) is 5.88 Å². The molecule has 0 amide bonds. The van der Waals surface area contributed by atoms with E-state index in [1.165, 1.54) is 16.7 Å². The number of phosphoric ester groups is 1. The van der Waals surface area contributed by atoms with Crippen LogP contribution in [-0.2, 0) is 24.2 Å². The zero-order valence-electron chi connectivity index (χ0n) is 28.9. The first kappa shape index (κ1) is 35.8. The normalized spacial score (nSPS) is 19.5. The number of fused-ring (bicyclic) bond motifs is 2. The van der Waals surface area contributed by atoms with Crippen molar-refractivity contribution in [3.8, 4) is 28.9 Å². The van der Waals surface area contributed by atoms with Crippen molar-refractivity contribution >= 4 is 19.4 Å². The maximum atomic E-state index is 13.6. The second-order valence-corrected chi connectivity index (χ2v) is 14.5. The summed E-state index contributed by atoms with van der Waals surface area (Å²) in [5.74, 6) is 1.85. The maximum absolute atomic E-state index is 13.6. The van der Waals surface area contributed by atoms with Gasteiger partial charge in [0, 0.05) is 29.3 Å². The third-order valence-corrected chi connectivity index (χ3v) is 10.5. The van der Waals surface area contributed by atoms with E-state index >= 15 is 0 Å². The highest BCUT2D eigenvalue weighted by Gasteiger charge is 2.48. The molecule has 274 valence electrons. The van der Waals surface area contributed by atoms with Crippen molar-refractivity contribution in [2.24, 2.45) is 0 Å². The van der Waals surface area contributed by atoms with Crippen LogP contribution in [0.1, 0.15) is 34.9 Å². The second kappa shape index (κ2) is 14.9. The number of aryl methyl sites for hydroxylation is 1. The van der Waals surface area contributed by atoms with Crippen LogP contribution in [-0.4, -0.2) is 33.3 Å². The molecule has 1 aromatic heterocycles. The Bertz CT molecular complexity index is 2350. The summed E-state index contributed by atoms with van der Waals surface area (Å²) in [6, 6.07) is 40.2. The molecule has 3 heterocycles. The molecule has 0 aliphatic carbocycles. The molecule has 1 N–H and O–H groups in total. The summed E-state index contributed by atoms with van der Waals surface area (Å²) < 4.78 is 52.0. The lowest BCUT2D eigenvalue weighted by Crippen LogP contribution is -2.40. The Morgan fingerprint density at radius 1 is 0.870 bits per heavy atom. The second-order valence-electron chi connectivity index (χ2n) is 12.8. The van der Waals surface area contributed by atoms with E-state index in [1.54, 1.807) is 37.4 Å². The molecule has 6 aromatic rings. The molecule has 1 fully saturated rings. The Hall–Kier alpha value is -5.26. The number of benzene rings is 5. The summed E-state index contributed by atoms with van der Waals surface area (Å²) in [4.78, 5) is 28.8. The van der Waals surface area contributed by atoms with Crippen LogP contribution in [0.3, 0.4) is 0 Å². The van der Waals surface area contributed by atoms with Gasteiger partial charge in [0.25, 0.3) is 0 Å². The lowest BCUT2D eigenvalue weighted by molar-refractivity contribution is -0.0950. The van der Waals surface area contributed by atoms with E-state index in [0.717, 1.165) is 16.7 Å². The zero-order chi connectivity index (χ0) is 37.3. The predicted octanol–water partition coefficient (Wildman–Crippen LogP) is 8.96. The van der Waals surface area contributed by atoms with E-state index in [-0.39, 0.29) is 29.7 Å². The topological polar surface area (TPSA) is 128 Å².